The molecule has 0 bridgehead atoms. The number of aliphatic carboxylic acids is 1. The van der Waals surface area contributed by atoms with Gasteiger partial charge < -0.3 is 50.8 Å². The monoisotopic (exact) mass is 1000 g/mol. The summed E-state index contributed by atoms with van der Waals surface area (Å²) in [5, 5.41) is 39.6. The average Bonchev–Trinajstić information content (AvgIpc) is 3.99. The Labute approximate surface area is 405 Å². The Kier molecular flexibility index (Phi) is 16.8. The summed E-state index contributed by atoms with van der Waals surface area (Å²) in [6.07, 6.45) is -0.903. The topological polar surface area (TPSA) is 351 Å². The maximum atomic E-state index is 13.4. The number of aromatic carboxylic acids is 1. The number of para-hydroxylation sites is 1. The Morgan fingerprint density at radius 1 is 0.800 bits per heavy atom. The predicted molar refractivity (Wildman–Crippen MR) is 246 cm³/mol. The molecule has 9 amide bonds. The van der Waals surface area contributed by atoms with Crippen LogP contribution in [0.2, 0.25) is 5.82 Å². The van der Waals surface area contributed by atoms with Gasteiger partial charge in [-0.3, -0.25) is 39.1 Å². The maximum Gasteiger partial charge on any atom is 0.526 e. The fourth-order valence-corrected chi connectivity index (χ4v) is 8.59. The highest BCUT2D eigenvalue weighted by Crippen LogP contribution is 2.37. The first-order valence-corrected chi connectivity index (χ1v) is 23.1. The third-order valence-corrected chi connectivity index (χ3v) is 12.4. The van der Waals surface area contributed by atoms with Crippen molar-refractivity contribution in [2.75, 3.05) is 50.3 Å². The number of rotatable bonds is 14. The number of nitrogens with two attached hydrogens (primary N) is 1. The number of nitrogens with zero attached hydrogens (tertiary/aromatic N) is 6. The number of carboxylic acids is 2. The lowest BCUT2D eigenvalue weighted by Crippen LogP contribution is -2.58. The summed E-state index contributed by atoms with van der Waals surface area (Å²) in [5.74, 6) is -7.59. The van der Waals surface area contributed by atoms with Crippen LogP contribution in [0.4, 0.5) is 24.6 Å². The number of nitrogen functional groups attached to an aromatic ring is 1. The van der Waals surface area contributed by atoms with Gasteiger partial charge in [0.1, 0.15) is 18.4 Å². The number of thiazole rings is 2. The van der Waals surface area contributed by atoms with E-state index in [-0.39, 0.29) is 78.6 Å². The normalized spacial score (nSPS) is 16.5. The van der Waals surface area contributed by atoms with Gasteiger partial charge in [0, 0.05) is 62.3 Å². The first-order chi connectivity index (χ1) is 33.4. The van der Waals surface area contributed by atoms with Crippen LogP contribution in [0.3, 0.4) is 0 Å². The summed E-state index contributed by atoms with van der Waals surface area (Å²) in [5.41, 5.74) is 6.99. The molecule has 5 heterocycles. The molecule has 2 aromatic carbocycles. The lowest BCUT2D eigenvalue weighted by atomic mass is 9.64. The molecule has 0 saturated carbocycles. The highest BCUT2D eigenvalue weighted by atomic mass is 32.1. The number of hydrogen-bond donors (Lipinski definition) is 7. The van der Waals surface area contributed by atoms with Gasteiger partial charge in [-0.2, -0.15) is 0 Å². The number of carbonyl (C=O) groups excluding carboxylic acids is 8. The summed E-state index contributed by atoms with van der Waals surface area (Å²) in [6, 6.07) is 8.67. The number of hydrogen-bond acceptors (Lipinski definition) is 18. The van der Waals surface area contributed by atoms with Gasteiger partial charge in [-0.25, -0.2) is 33.9 Å². The molecule has 8 N–H and O–H groups in total. The minimum Gasteiger partial charge on any atom is -0.535 e. The first-order valence-electron chi connectivity index (χ1n) is 21.3. The van der Waals surface area contributed by atoms with Gasteiger partial charge >= 0.3 is 60.8 Å². The van der Waals surface area contributed by atoms with E-state index in [2.05, 4.69) is 25.9 Å². The predicted octanol–water partition coefficient (Wildman–Crippen LogP) is 1.73. The van der Waals surface area contributed by atoms with Gasteiger partial charge in [0.15, 0.2) is 22.1 Å². The largest absolute Gasteiger partial charge is 0.535 e. The van der Waals surface area contributed by atoms with Crippen LogP contribution in [0.25, 0.3) is 0 Å². The number of anilines is 2. The molecule has 4 aromatic rings. The van der Waals surface area contributed by atoms with E-state index in [1.54, 1.807) is 50.2 Å². The van der Waals surface area contributed by atoms with Crippen LogP contribution in [0.1, 0.15) is 65.2 Å². The minimum atomic E-state index is -1.60. The summed E-state index contributed by atoms with van der Waals surface area (Å²) in [7, 11) is -1.48. The molecular formula is C42H45BN10O15S2. The third kappa shape index (κ3) is 12.2. The summed E-state index contributed by atoms with van der Waals surface area (Å²) < 4.78 is 10.5. The lowest BCUT2D eigenvalue weighted by molar-refractivity contribution is -0.153. The number of piperazine rings is 2. The van der Waals surface area contributed by atoms with Gasteiger partial charge in [0.2, 0.25) is 0 Å². The number of aromatic nitrogens is 2. The number of carboxylic acid groups (broad SMARTS) is 2. The number of ketones is 1. The number of imide groups is 2. The van der Waals surface area contributed by atoms with E-state index >= 15 is 0 Å². The number of nitrogens with one attached hydrogen (secondary N) is 3. The second-order valence-corrected chi connectivity index (χ2v) is 17.2. The van der Waals surface area contributed by atoms with Gasteiger partial charge in [-0.15, -0.1) is 22.7 Å². The number of ether oxygens (including phenoxy) is 1. The Balaban J connectivity index is 0.000000231. The van der Waals surface area contributed by atoms with Crippen LogP contribution in [0.15, 0.2) is 59.3 Å². The van der Waals surface area contributed by atoms with Crippen LogP contribution >= 0.6 is 22.7 Å². The molecule has 3 aliphatic rings. The highest BCUT2D eigenvalue weighted by Gasteiger charge is 2.42. The Morgan fingerprint density at radius 3 is 1.94 bits per heavy atom. The number of fused-ring (bicyclic) bond motifs is 1. The molecule has 2 fully saturated rings. The summed E-state index contributed by atoms with van der Waals surface area (Å²) in [6.45, 7) is 4.32. The molecule has 368 valence electrons. The van der Waals surface area contributed by atoms with Gasteiger partial charge in [-0.1, -0.05) is 42.5 Å². The van der Waals surface area contributed by atoms with Crippen molar-refractivity contribution in [1.29, 1.82) is 0 Å². The number of benzene rings is 2. The van der Waals surface area contributed by atoms with Crippen molar-refractivity contribution < 1.29 is 72.6 Å². The molecule has 0 radical (unpaired) electrons. The van der Waals surface area contributed by atoms with Crippen molar-refractivity contribution in [1.82, 2.24) is 40.2 Å². The first kappa shape index (κ1) is 51.4. The third-order valence-electron chi connectivity index (χ3n) is 11.0. The molecule has 25 nitrogen and oxygen atoms in total. The SMILES string of the molecule is CCN1CCN(C(=O)NC(C(=O)C[C@H]2Cc3cccc(C(=O)O)c3OB2O)c2csc(N)n2)C(=O)C1=O.CCN1CCN(C(=O)NC(C(=O)O)c2csc(NC(=O)OCc3ccccc3)n2)C(=O)C1=O. The van der Waals surface area contributed by atoms with Crippen molar-refractivity contribution >= 4 is 99.6 Å². The molecule has 0 spiro atoms. The molecule has 7 rings (SSSR count). The Hall–Kier alpha value is -7.98. The van der Waals surface area contributed by atoms with E-state index in [0.717, 1.165) is 33.1 Å². The quantitative estimate of drug-likeness (QED) is 0.0698. The lowest BCUT2D eigenvalue weighted by Gasteiger charge is -2.33. The van der Waals surface area contributed by atoms with Crippen LogP contribution in [0, 0.1) is 0 Å². The molecule has 3 atom stereocenters. The Bertz CT molecular complexity index is 2690. The Morgan fingerprint density at radius 2 is 1.39 bits per heavy atom. The second kappa shape index (κ2) is 22.9. The zero-order valence-corrected chi connectivity index (χ0v) is 38.9. The van der Waals surface area contributed by atoms with E-state index in [1.165, 1.54) is 26.6 Å². The maximum absolute atomic E-state index is 13.4. The molecule has 70 heavy (non-hydrogen) atoms. The smallest absolute Gasteiger partial charge is 0.526 e. The fraction of sp³-hybridized carbons (Fsp3) is 0.333. The zero-order chi connectivity index (χ0) is 50.8. The van der Waals surface area contributed by atoms with E-state index < -0.39 is 84.5 Å². The zero-order valence-electron chi connectivity index (χ0n) is 37.3. The number of urea groups is 2. The average molecular weight is 1000 g/mol. The number of Topliss-reactive ketones (excluding diaryl/α,β-unsaturated/α-hetero) is 1. The molecule has 3 aliphatic heterocycles. The van der Waals surface area contributed by atoms with Crippen LogP contribution < -0.4 is 26.3 Å². The van der Waals surface area contributed by atoms with Crippen molar-refractivity contribution in [2.45, 2.75) is 51.2 Å². The van der Waals surface area contributed by atoms with Crippen LogP contribution in [0.5, 0.6) is 5.75 Å². The molecule has 2 saturated heterocycles. The summed E-state index contributed by atoms with van der Waals surface area (Å²) >= 11 is 1.98. The molecule has 2 unspecified atom stereocenters. The van der Waals surface area contributed by atoms with Crippen LogP contribution in [-0.4, -0.2) is 151 Å². The highest BCUT2D eigenvalue weighted by molar-refractivity contribution is 7.14. The number of likely N-dealkylation sites (N-methyl/N-ethyl adjacent to an activating group) is 2. The van der Waals surface area contributed by atoms with Crippen molar-refractivity contribution in [3.05, 3.63) is 87.4 Å². The minimum absolute atomic E-state index is 0.0384. The molecule has 0 aliphatic carbocycles. The second-order valence-electron chi connectivity index (χ2n) is 15.4. The van der Waals surface area contributed by atoms with Gasteiger partial charge in [-0.05, 0) is 37.5 Å². The van der Waals surface area contributed by atoms with Crippen molar-refractivity contribution in [2.24, 2.45) is 0 Å². The van der Waals surface area contributed by atoms with E-state index in [0.29, 0.717) is 23.6 Å². The molecule has 2 aromatic heterocycles. The van der Waals surface area contributed by atoms with E-state index in [9.17, 15) is 63.2 Å². The van der Waals surface area contributed by atoms with Crippen LogP contribution in [-0.2, 0) is 46.5 Å². The standard InChI is InChI=1S/C22H24BN5O8S.C20H21N5O7S/c1-2-27-6-7-28(19(31)18(27)30)22(34)26-16(14-10-37-21(24)25-14)15(29)9-12-8-11-4-3-5-13(20(32)33)17(11)36-23(12)35;1-2-24-8-9-25(16(27)15(24)26)19(30)22-14(17(28)29)13-11-33-18(21-13)23-20(31)32-10-12-6-4-3-5-7-12/h3-5,10,12,16,35H,2,6-9H2,1H3,(H2,24,25)(H,26,34)(H,32,33);3-7,11,14H,2,8-10H2,1H3,(H,22,30)(H,28,29)(H,21,23,31)/t12-,16?;/m1./s1. The number of amides is 9. The molecular weight excluding hydrogens is 959 g/mol. The van der Waals surface area contributed by atoms with Crippen molar-refractivity contribution in [3.63, 3.8) is 0 Å². The van der Waals surface area contributed by atoms with Gasteiger partial charge in [0.05, 0.1) is 17.0 Å². The van der Waals surface area contributed by atoms with Crippen molar-refractivity contribution in [3.8, 4) is 5.75 Å². The van der Waals surface area contributed by atoms with E-state index in [1.807, 2.05) is 6.07 Å². The number of carbonyl (C=O) groups is 10. The molecule has 28 heteroatoms. The van der Waals surface area contributed by atoms with Gasteiger partial charge in [0.25, 0.3) is 0 Å². The summed E-state index contributed by atoms with van der Waals surface area (Å²) in [4.78, 5) is 135. The fourth-order valence-electron chi connectivity index (χ4n) is 7.28. The van der Waals surface area contributed by atoms with E-state index in [4.69, 9.17) is 15.1 Å².